The molecule has 10 heteroatoms. The summed E-state index contributed by atoms with van der Waals surface area (Å²) in [6.07, 6.45) is -3.61. The van der Waals surface area contributed by atoms with Crippen LogP contribution in [0.1, 0.15) is 38.3 Å². The van der Waals surface area contributed by atoms with Gasteiger partial charge in [0, 0.05) is 43.7 Å². The molecule has 3 aromatic rings. The molecule has 1 aliphatic heterocycles. The quantitative estimate of drug-likeness (QED) is 0.394. The van der Waals surface area contributed by atoms with Gasteiger partial charge in [-0.05, 0) is 67.8 Å². The Bertz CT molecular complexity index is 1290. The van der Waals surface area contributed by atoms with Gasteiger partial charge in [-0.2, -0.15) is 13.2 Å². The van der Waals surface area contributed by atoms with Crippen LogP contribution < -0.4 is 14.5 Å². The molecule has 1 unspecified atom stereocenters. The number of aliphatic hydroxyl groups is 1. The molecular weight excluding hydrogens is 511 g/mol. The zero-order valence-corrected chi connectivity index (χ0v) is 22.3. The second kappa shape index (κ2) is 11.1. The van der Waals surface area contributed by atoms with Crippen molar-refractivity contribution in [3.05, 3.63) is 71.9 Å². The van der Waals surface area contributed by atoms with E-state index in [1.807, 2.05) is 36.4 Å². The number of halogens is 3. The van der Waals surface area contributed by atoms with E-state index in [1.165, 1.54) is 11.0 Å². The smallest absolute Gasteiger partial charge is 0.417 e. The zero-order valence-electron chi connectivity index (χ0n) is 22.3. The van der Waals surface area contributed by atoms with Crippen LogP contribution in [0.3, 0.4) is 0 Å². The minimum Gasteiger partial charge on any atom is -0.472 e. The third-order valence-electron chi connectivity index (χ3n) is 6.35. The first-order valence-electron chi connectivity index (χ1n) is 12.6. The van der Waals surface area contributed by atoms with E-state index >= 15 is 0 Å². The van der Waals surface area contributed by atoms with Gasteiger partial charge in [-0.3, -0.25) is 4.90 Å². The highest BCUT2D eigenvalue weighted by molar-refractivity contribution is 5.88. The molecule has 208 valence electrons. The zero-order chi connectivity index (χ0) is 28.4. The minimum atomic E-state index is -4.43. The molecule has 0 saturated carbocycles. The van der Waals surface area contributed by atoms with Crippen molar-refractivity contribution >= 4 is 17.5 Å². The molecule has 1 atom stereocenters. The molecule has 1 aromatic heterocycles. The van der Waals surface area contributed by atoms with Crippen molar-refractivity contribution < 1.29 is 32.5 Å². The van der Waals surface area contributed by atoms with Crippen LogP contribution in [0.25, 0.3) is 11.1 Å². The average Bonchev–Trinajstić information content (AvgIpc) is 3.35. The van der Waals surface area contributed by atoms with Gasteiger partial charge in [-0.25, -0.2) is 9.78 Å². The van der Waals surface area contributed by atoms with Crippen LogP contribution in [-0.4, -0.2) is 48.0 Å². The summed E-state index contributed by atoms with van der Waals surface area (Å²) in [4.78, 5) is 19.8. The SMILES string of the molecule is CN(C(=O)OC(C)(C)C)c1ccc(-c2ccc(N3CCC(Oc4ccc(C(F)(F)F)cn4)C3)cc2)c(CO)c1. The van der Waals surface area contributed by atoms with Crippen LogP contribution in [-0.2, 0) is 17.5 Å². The summed E-state index contributed by atoms with van der Waals surface area (Å²) in [5, 5.41) is 10.0. The van der Waals surface area contributed by atoms with Crippen LogP contribution in [0.5, 0.6) is 5.88 Å². The fourth-order valence-electron chi connectivity index (χ4n) is 4.34. The Morgan fingerprint density at radius 3 is 2.41 bits per heavy atom. The van der Waals surface area contributed by atoms with Crippen molar-refractivity contribution in [3.63, 3.8) is 0 Å². The number of anilines is 2. The largest absolute Gasteiger partial charge is 0.472 e. The third-order valence-corrected chi connectivity index (χ3v) is 6.35. The molecule has 1 aliphatic rings. The summed E-state index contributed by atoms with van der Waals surface area (Å²) >= 11 is 0. The van der Waals surface area contributed by atoms with E-state index < -0.39 is 23.4 Å². The van der Waals surface area contributed by atoms with Crippen LogP contribution in [0, 0.1) is 0 Å². The maximum atomic E-state index is 12.8. The molecule has 1 N–H and O–H groups in total. The van der Waals surface area contributed by atoms with Crippen LogP contribution in [0.15, 0.2) is 60.8 Å². The van der Waals surface area contributed by atoms with Gasteiger partial charge in [-0.15, -0.1) is 0 Å². The van der Waals surface area contributed by atoms with E-state index in [-0.39, 0.29) is 18.6 Å². The number of pyridine rings is 1. The fourth-order valence-corrected chi connectivity index (χ4v) is 4.34. The van der Waals surface area contributed by atoms with Crippen molar-refractivity contribution in [1.82, 2.24) is 4.98 Å². The Labute approximate surface area is 225 Å². The molecule has 7 nitrogen and oxygen atoms in total. The summed E-state index contributed by atoms with van der Waals surface area (Å²) in [7, 11) is 1.62. The number of ether oxygens (including phenoxy) is 2. The number of carbonyl (C=O) groups excluding carboxylic acids is 1. The summed E-state index contributed by atoms with van der Waals surface area (Å²) in [6.45, 7) is 6.52. The molecule has 1 fully saturated rings. The highest BCUT2D eigenvalue weighted by atomic mass is 19.4. The molecule has 0 radical (unpaired) electrons. The first-order chi connectivity index (χ1) is 18.3. The molecule has 2 aromatic carbocycles. The first-order valence-corrected chi connectivity index (χ1v) is 12.6. The van der Waals surface area contributed by atoms with Gasteiger partial charge in [0.05, 0.1) is 18.7 Å². The maximum absolute atomic E-state index is 12.8. The van der Waals surface area contributed by atoms with Crippen LogP contribution in [0.4, 0.5) is 29.3 Å². The van der Waals surface area contributed by atoms with E-state index in [0.717, 1.165) is 35.6 Å². The second-order valence-electron chi connectivity index (χ2n) is 10.4. The number of carbonyl (C=O) groups is 1. The fraction of sp³-hybridized carbons (Fsp3) is 0.379. The van der Waals surface area contributed by atoms with Crippen molar-refractivity contribution in [2.75, 3.05) is 29.9 Å². The highest BCUT2D eigenvalue weighted by Crippen LogP contribution is 2.32. The average molecular weight is 544 g/mol. The Morgan fingerprint density at radius 1 is 1.10 bits per heavy atom. The van der Waals surface area contributed by atoms with Crippen molar-refractivity contribution in [1.29, 1.82) is 0 Å². The molecule has 4 rings (SSSR count). The van der Waals surface area contributed by atoms with Gasteiger partial charge < -0.3 is 19.5 Å². The van der Waals surface area contributed by atoms with Crippen molar-refractivity contribution in [2.45, 2.75) is 51.7 Å². The van der Waals surface area contributed by atoms with Crippen molar-refractivity contribution in [3.8, 4) is 17.0 Å². The van der Waals surface area contributed by atoms with Gasteiger partial charge in [0.1, 0.15) is 11.7 Å². The lowest BCUT2D eigenvalue weighted by Gasteiger charge is -2.25. The summed E-state index contributed by atoms with van der Waals surface area (Å²) < 4.78 is 49.5. The predicted molar refractivity (Wildman–Crippen MR) is 143 cm³/mol. The van der Waals surface area contributed by atoms with Gasteiger partial charge >= 0.3 is 12.3 Å². The number of rotatable bonds is 6. The number of alkyl halides is 3. The van der Waals surface area contributed by atoms with E-state index in [1.54, 1.807) is 33.9 Å². The Kier molecular flexibility index (Phi) is 8.06. The number of amides is 1. The molecule has 0 spiro atoms. The van der Waals surface area contributed by atoms with Crippen LogP contribution >= 0.6 is 0 Å². The lowest BCUT2D eigenvalue weighted by molar-refractivity contribution is -0.137. The minimum absolute atomic E-state index is 0.169. The van der Waals surface area contributed by atoms with Gasteiger partial charge in [0.25, 0.3) is 0 Å². The standard InChI is InChI=1S/C29H32F3N3O4/c1-28(2,3)39-27(37)34(4)23-10-11-25(20(15-23)18-36)19-5-8-22(9-6-19)35-14-13-24(17-35)38-26-12-7-21(16-33-26)29(30,31)32/h5-12,15-16,24,36H,13-14,17-18H2,1-4H3. The lowest BCUT2D eigenvalue weighted by atomic mass is 9.99. The summed E-state index contributed by atoms with van der Waals surface area (Å²) in [6, 6.07) is 15.6. The van der Waals surface area contributed by atoms with E-state index in [2.05, 4.69) is 9.88 Å². The number of aliphatic hydroxyl groups excluding tert-OH is 1. The first kappa shape index (κ1) is 28.2. The maximum Gasteiger partial charge on any atom is 0.417 e. The van der Waals surface area contributed by atoms with Crippen LogP contribution in [0.2, 0.25) is 0 Å². The van der Waals surface area contributed by atoms with Crippen molar-refractivity contribution in [2.24, 2.45) is 0 Å². The third kappa shape index (κ3) is 7.00. The van der Waals surface area contributed by atoms with E-state index in [9.17, 15) is 23.1 Å². The Balaban J connectivity index is 1.41. The van der Waals surface area contributed by atoms with Gasteiger partial charge in [-0.1, -0.05) is 18.2 Å². The van der Waals surface area contributed by atoms with E-state index in [4.69, 9.17) is 9.47 Å². The normalized spacial score (nSPS) is 15.8. The number of aromatic nitrogens is 1. The number of nitrogens with zero attached hydrogens (tertiary/aromatic N) is 3. The second-order valence-corrected chi connectivity index (χ2v) is 10.4. The molecule has 0 aliphatic carbocycles. The molecule has 0 bridgehead atoms. The number of hydrogen-bond acceptors (Lipinski definition) is 6. The highest BCUT2D eigenvalue weighted by Gasteiger charge is 2.31. The molecule has 2 heterocycles. The molecule has 1 saturated heterocycles. The monoisotopic (exact) mass is 543 g/mol. The molecule has 1 amide bonds. The van der Waals surface area contributed by atoms with E-state index in [0.29, 0.717) is 24.2 Å². The van der Waals surface area contributed by atoms with Gasteiger partial charge in [0.2, 0.25) is 5.88 Å². The number of hydrogen-bond donors (Lipinski definition) is 1. The predicted octanol–water partition coefficient (Wildman–Crippen LogP) is 6.29. The summed E-state index contributed by atoms with van der Waals surface area (Å²) in [5.74, 6) is 0.169. The lowest BCUT2D eigenvalue weighted by Crippen LogP contribution is -2.34. The van der Waals surface area contributed by atoms with Gasteiger partial charge in [0.15, 0.2) is 0 Å². The Hall–Kier alpha value is -3.79. The topological polar surface area (TPSA) is 75.1 Å². The molecular formula is C29H32F3N3O4. The summed E-state index contributed by atoms with van der Waals surface area (Å²) in [5.41, 5.74) is 2.60. The Morgan fingerprint density at radius 2 is 1.82 bits per heavy atom. The number of benzene rings is 2. The molecule has 39 heavy (non-hydrogen) atoms.